The Kier molecular flexibility index (Phi) is 7.08. The third kappa shape index (κ3) is 5.13. The van der Waals surface area contributed by atoms with Gasteiger partial charge in [-0.3, -0.25) is 0 Å². The van der Waals surface area contributed by atoms with Gasteiger partial charge in [0.05, 0.1) is 13.2 Å². The van der Waals surface area contributed by atoms with E-state index >= 15 is 0 Å². The van der Waals surface area contributed by atoms with Crippen molar-refractivity contribution in [1.82, 2.24) is 4.67 Å². The Labute approximate surface area is 114 Å². The lowest BCUT2D eigenvalue weighted by atomic mass is 10.0. The standard InChI is InChI=1S/C14H30NO2P/c1-6-8-9-13(7-2)12-17-18-15(10-11-16-18)14(3,4)5/h13H,6-12H2,1-5H3. The normalized spacial score (nSPS) is 23.5. The molecule has 0 radical (unpaired) electrons. The maximum atomic E-state index is 6.06. The van der Waals surface area contributed by atoms with Gasteiger partial charge in [-0.25, -0.2) is 4.67 Å². The lowest BCUT2D eigenvalue weighted by Gasteiger charge is -2.34. The molecule has 1 saturated heterocycles. The molecule has 4 heteroatoms. The molecular weight excluding hydrogens is 245 g/mol. The van der Waals surface area contributed by atoms with Crippen molar-refractivity contribution >= 4 is 8.53 Å². The number of rotatable bonds is 7. The smallest absolute Gasteiger partial charge is 0.259 e. The molecule has 0 bridgehead atoms. The summed E-state index contributed by atoms with van der Waals surface area (Å²) in [5, 5.41) is 0. The molecule has 18 heavy (non-hydrogen) atoms. The average Bonchev–Trinajstić information content (AvgIpc) is 2.77. The first kappa shape index (κ1) is 16.4. The molecule has 0 aromatic rings. The summed E-state index contributed by atoms with van der Waals surface area (Å²) in [7, 11) is -0.816. The van der Waals surface area contributed by atoms with Crippen LogP contribution in [-0.2, 0) is 9.05 Å². The molecule has 2 unspecified atom stereocenters. The van der Waals surface area contributed by atoms with Gasteiger partial charge in [-0.2, -0.15) is 0 Å². The highest BCUT2D eigenvalue weighted by atomic mass is 31.2. The van der Waals surface area contributed by atoms with E-state index in [1.807, 2.05) is 0 Å². The Morgan fingerprint density at radius 3 is 2.61 bits per heavy atom. The molecule has 2 atom stereocenters. The highest BCUT2D eigenvalue weighted by Gasteiger charge is 2.36. The van der Waals surface area contributed by atoms with Gasteiger partial charge in [-0.1, -0.05) is 33.1 Å². The Balaban J connectivity index is 2.37. The van der Waals surface area contributed by atoms with E-state index in [1.54, 1.807) is 0 Å². The zero-order valence-corrected chi connectivity index (χ0v) is 13.6. The quantitative estimate of drug-likeness (QED) is 0.635. The molecule has 108 valence electrons. The SMILES string of the molecule is CCCCC(CC)COP1OCCN1C(C)(C)C. The number of hydrogen-bond acceptors (Lipinski definition) is 3. The Morgan fingerprint density at radius 2 is 2.06 bits per heavy atom. The summed E-state index contributed by atoms with van der Waals surface area (Å²) in [6.45, 7) is 13.9. The number of hydrogen-bond donors (Lipinski definition) is 0. The molecule has 3 nitrogen and oxygen atoms in total. The second-order valence-electron chi connectivity index (χ2n) is 6.08. The summed E-state index contributed by atoms with van der Waals surface area (Å²) in [6, 6.07) is 0. The molecular formula is C14H30NO2P. The van der Waals surface area contributed by atoms with Crippen LogP contribution in [-0.4, -0.2) is 30.0 Å². The van der Waals surface area contributed by atoms with Gasteiger partial charge < -0.3 is 9.05 Å². The third-order valence-corrected chi connectivity index (χ3v) is 5.41. The van der Waals surface area contributed by atoms with Crippen LogP contribution in [0.4, 0.5) is 0 Å². The molecule has 0 aliphatic carbocycles. The van der Waals surface area contributed by atoms with Crippen molar-refractivity contribution in [1.29, 1.82) is 0 Å². The van der Waals surface area contributed by atoms with Crippen molar-refractivity contribution in [2.75, 3.05) is 19.8 Å². The summed E-state index contributed by atoms with van der Waals surface area (Å²) in [5.74, 6) is 0.693. The molecule has 0 N–H and O–H groups in total. The van der Waals surface area contributed by atoms with Gasteiger partial charge in [0.15, 0.2) is 0 Å². The Hall–Kier alpha value is 0.310. The zero-order valence-electron chi connectivity index (χ0n) is 12.7. The minimum atomic E-state index is -0.816. The zero-order chi connectivity index (χ0) is 13.6. The van der Waals surface area contributed by atoms with E-state index in [-0.39, 0.29) is 5.54 Å². The molecule has 1 aliphatic heterocycles. The molecule has 0 spiro atoms. The lowest BCUT2D eigenvalue weighted by Crippen LogP contribution is -2.36. The van der Waals surface area contributed by atoms with Gasteiger partial charge in [0.2, 0.25) is 0 Å². The van der Waals surface area contributed by atoms with Gasteiger partial charge in [0.1, 0.15) is 0 Å². The van der Waals surface area contributed by atoms with Crippen molar-refractivity contribution in [2.45, 2.75) is 65.8 Å². The van der Waals surface area contributed by atoms with Gasteiger partial charge in [0, 0.05) is 12.1 Å². The van der Waals surface area contributed by atoms with E-state index < -0.39 is 8.53 Å². The monoisotopic (exact) mass is 275 g/mol. The highest BCUT2D eigenvalue weighted by molar-refractivity contribution is 7.44. The summed E-state index contributed by atoms with van der Waals surface area (Å²) >= 11 is 0. The van der Waals surface area contributed by atoms with Gasteiger partial charge in [0.25, 0.3) is 8.53 Å². The summed E-state index contributed by atoms with van der Waals surface area (Å²) in [5.41, 5.74) is 0.146. The Morgan fingerprint density at radius 1 is 1.33 bits per heavy atom. The fourth-order valence-electron chi connectivity index (χ4n) is 2.11. The first-order chi connectivity index (χ1) is 8.49. The van der Waals surface area contributed by atoms with Crippen molar-refractivity contribution in [3.8, 4) is 0 Å². The Bertz CT molecular complexity index is 230. The first-order valence-corrected chi connectivity index (χ1v) is 8.45. The number of nitrogens with zero attached hydrogens (tertiary/aromatic N) is 1. The third-order valence-electron chi connectivity index (χ3n) is 3.44. The maximum Gasteiger partial charge on any atom is 0.259 e. The first-order valence-electron chi connectivity index (χ1n) is 7.32. The van der Waals surface area contributed by atoms with Gasteiger partial charge in [-0.05, 0) is 33.1 Å². The molecule has 0 aromatic carbocycles. The van der Waals surface area contributed by atoms with Crippen molar-refractivity contribution < 1.29 is 9.05 Å². The predicted molar refractivity (Wildman–Crippen MR) is 78.6 cm³/mol. The van der Waals surface area contributed by atoms with Crippen molar-refractivity contribution in [2.24, 2.45) is 5.92 Å². The van der Waals surface area contributed by atoms with Crippen LogP contribution in [0.25, 0.3) is 0 Å². The topological polar surface area (TPSA) is 21.7 Å². The molecule has 1 rings (SSSR count). The highest BCUT2D eigenvalue weighted by Crippen LogP contribution is 2.51. The lowest BCUT2D eigenvalue weighted by molar-refractivity contribution is 0.192. The summed E-state index contributed by atoms with van der Waals surface area (Å²) in [4.78, 5) is 0. The minimum absolute atomic E-state index is 0.146. The number of unbranched alkanes of at least 4 members (excludes halogenated alkanes) is 1. The summed E-state index contributed by atoms with van der Waals surface area (Å²) in [6.07, 6.45) is 5.07. The van der Waals surface area contributed by atoms with Crippen LogP contribution < -0.4 is 0 Å². The van der Waals surface area contributed by atoms with Crippen LogP contribution in [0.3, 0.4) is 0 Å². The van der Waals surface area contributed by atoms with Crippen molar-refractivity contribution in [3.05, 3.63) is 0 Å². The van der Waals surface area contributed by atoms with E-state index in [0.717, 1.165) is 19.8 Å². The van der Waals surface area contributed by atoms with E-state index in [4.69, 9.17) is 9.05 Å². The van der Waals surface area contributed by atoms with E-state index in [9.17, 15) is 0 Å². The molecule has 0 aromatic heterocycles. The van der Waals surface area contributed by atoms with E-state index in [2.05, 4.69) is 39.3 Å². The van der Waals surface area contributed by atoms with Crippen LogP contribution in [0.1, 0.15) is 60.3 Å². The molecule has 0 saturated carbocycles. The van der Waals surface area contributed by atoms with Crippen LogP contribution in [0.15, 0.2) is 0 Å². The van der Waals surface area contributed by atoms with E-state index in [0.29, 0.717) is 5.92 Å². The predicted octanol–water partition coefficient (Wildman–Crippen LogP) is 4.58. The minimum Gasteiger partial charge on any atom is -0.322 e. The second-order valence-corrected chi connectivity index (χ2v) is 7.55. The van der Waals surface area contributed by atoms with Crippen LogP contribution >= 0.6 is 8.53 Å². The molecule has 1 fully saturated rings. The van der Waals surface area contributed by atoms with Crippen LogP contribution in [0.2, 0.25) is 0 Å². The molecule has 1 heterocycles. The maximum absolute atomic E-state index is 6.06. The van der Waals surface area contributed by atoms with Crippen LogP contribution in [0.5, 0.6) is 0 Å². The fraction of sp³-hybridized carbons (Fsp3) is 1.00. The summed E-state index contributed by atoms with van der Waals surface area (Å²) < 4.78 is 14.2. The fourth-order valence-corrected chi connectivity index (χ4v) is 3.78. The van der Waals surface area contributed by atoms with Gasteiger partial charge >= 0.3 is 0 Å². The van der Waals surface area contributed by atoms with Crippen LogP contribution in [0, 0.1) is 5.92 Å². The van der Waals surface area contributed by atoms with Gasteiger partial charge in [-0.15, -0.1) is 0 Å². The average molecular weight is 275 g/mol. The molecule has 1 aliphatic rings. The second kappa shape index (κ2) is 7.79. The molecule has 0 amide bonds. The van der Waals surface area contributed by atoms with Crippen molar-refractivity contribution in [3.63, 3.8) is 0 Å². The largest absolute Gasteiger partial charge is 0.322 e. The van der Waals surface area contributed by atoms with E-state index in [1.165, 1.54) is 25.7 Å².